The van der Waals surface area contributed by atoms with Crippen LogP contribution < -0.4 is 5.32 Å². The lowest BCUT2D eigenvalue weighted by Crippen LogP contribution is -2.57. The van der Waals surface area contributed by atoms with Crippen LogP contribution in [0.25, 0.3) is 0 Å². The summed E-state index contributed by atoms with van der Waals surface area (Å²) in [6.07, 6.45) is 10.5. The molecule has 3 saturated heterocycles. The molecule has 4 heterocycles. The van der Waals surface area contributed by atoms with Gasteiger partial charge >= 0.3 is 0 Å². The highest BCUT2D eigenvalue weighted by molar-refractivity contribution is 4.92. The average molecular weight is 375 g/mol. The Balaban J connectivity index is 1.30. The van der Waals surface area contributed by atoms with Crippen molar-refractivity contribution in [3.8, 4) is 0 Å². The van der Waals surface area contributed by atoms with Gasteiger partial charge in [0.25, 0.3) is 0 Å². The number of likely N-dealkylation sites (tertiary alicyclic amines) is 2. The van der Waals surface area contributed by atoms with Crippen LogP contribution in [0.3, 0.4) is 0 Å². The number of aromatic nitrogens is 2. The maximum Gasteiger partial charge on any atom is 0.0543 e. The molecule has 0 aliphatic carbocycles. The molecule has 0 saturated carbocycles. The summed E-state index contributed by atoms with van der Waals surface area (Å²) >= 11 is 0. The molecule has 6 heteroatoms. The fourth-order valence-electron chi connectivity index (χ4n) is 5.45. The second-order valence-electron chi connectivity index (χ2n) is 9.04. The molecular formula is C21H38N6. The third-order valence-corrected chi connectivity index (χ3v) is 7.33. The minimum Gasteiger partial charge on any atom is -0.315 e. The Hall–Kier alpha value is -0.950. The number of nitrogens with zero attached hydrogens (tertiary/aromatic N) is 5. The zero-order chi connectivity index (χ0) is 18.6. The third-order valence-electron chi connectivity index (χ3n) is 7.33. The molecular weight excluding hydrogens is 336 g/mol. The lowest BCUT2D eigenvalue weighted by atomic mass is 9.88. The zero-order valence-electron chi connectivity index (χ0n) is 17.3. The van der Waals surface area contributed by atoms with Gasteiger partial charge in [-0.2, -0.15) is 5.10 Å². The topological polar surface area (TPSA) is 39.6 Å². The fraction of sp³-hybridized carbons (Fsp3) is 0.857. The molecule has 2 atom stereocenters. The highest BCUT2D eigenvalue weighted by Crippen LogP contribution is 2.27. The van der Waals surface area contributed by atoms with Crippen LogP contribution in [-0.2, 0) is 0 Å². The molecule has 0 amide bonds. The van der Waals surface area contributed by atoms with Crippen LogP contribution in [0, 0.1) is 5.92 Å². The lowest BCUT2D eigenvalue weighted by molar-refractivity contribution is 0.0433. The van der Waals surface area contributed by atoms with E-state index < -0.39 is 0 Å². The molecule has 1 aromatic rings. The van der Waals surface area contributed by atoms with Gasteiger partial charge in [0.1, 0.15) is 0 Å². The van der Waals surface area contributed by atoms with Gasteiger partial charge in [0.2, 0.25) is 0 Å². The Morgan fingerprint density at radius 1 is 1.07 bits per heavy atom. The molecule has 4 rings (SSSR count). The van der Waals surface area contributed by atoms with Crippen molar-refractivity contribution in [2.24, 2.45) is 5.92 Å². The standard InChI is InChI=1S/C21H38N6/c1-24-12-5-19(6-13-24)25(2)21-16-22-10-4-18(21)17-26-14-7-20(8-15-26)27-11-3-9-23-27/h3,9,11,18-22H,4-8,10,12-17H2,1-2H3. The number of hydrogen-bond acceptors (Lipinski definition) is 5. The minimum absolute atomic E-state index is 0.599. The van der Waals surface area contributed by atoms with Gasteiger partial charge in [-0.25, -0.2) is 0 Å². The first-order chi connectivity index (χ1) is 13.2. The van der Waals surface area contributed by atoms with Crippen LogP contribution in [0.4, 0.5) is 0 Å². The maximum absolute atomic E-state index is 4.45. The molecule has 0 spiro atoms. The average Bonchev–Trinajstić information content (AvgIpc) is 3.24. The van der Waals surface area contributed by atoms with Gasteiger partial charge in [-0.1, -0.05) is 0 Å². The van der Waals surface area contributed by atoms with E-state index in [-0.39, 0.29) is 0 Å². The van der Waals surface area contributed by atoms with Crippen LogP contribution in [0.5, 0.6) is 0 Å². The zero-order valence-corrected chi connectivity index (χ0v) is 17.3. The molecule has 3 fully saturated rings. The lowest BCUT2D eigenvalue weighted by Gasteiger charge is -2.46. The van der Waals surface area contributed by atoms with Crippen LogP contribution in [0.1, 0.15) is 38.1 Å². The molecule has 0 bridgehead atoms. The van der Waals surface area contributed by atoms with Crippen molar-refractivity contribution in [3.05, 3.63) is 18.5 Å². The van der Waals surface area contributed by atoms with Crippen molar-refractivity contribution < 1.29 is 0 Å². The van der Waals surface area contributed by atoms with E-state index in [1.54, 1.807) is 0 Å². The van der Waals surface area contributed by atoms with Gasteiger partial charge in [0.05, 0.1) is 6.04 Å². The summed E-state index contributed by atoms with van der Waals surface area (Å²) < 4.78 is 2.17. The van der Waals surface area contributed by atoms with Crippen LogP contribution in [0.2, 0.25) is 0 Å². The first-order valence-electron chi connectivity index (χ1n) is 11.0. The number of likely N-dealkylation sites (N-methyl/N-ethyl adjacent to an activating group) is 1. The van der Waals surface area contributed by atoms with Crippen molar-refractivity contribution in [1.82, 2.24) is 29.8 Å². The summed E-state index contributed by atoms with van der Waals surface area (Å²) in [5, 5.41) is 8.13. The van der Waals surface area contributed by atoms with Crippen molar-refractivity contribution in [1.29, 1.82) is 0 Å². The molecule has 6 nitrogen and oxygen atoms in total. The van der Waals surface area contributed by atoms with Gasteiger partial charge in [-0.05, 0) is 77.8 Å². The van der Waals surface area contributed by atoms with E-state index in [2.05, 4.69) is 50.1 Å². The Bertz CT molecular complexity index is 545. The highest BCUT2D eigenvalue weighted by Gasteiger charge is 2.34. The number of rotatable bonds is 5. The first-order valence-corrected chi connectivity index (χ1v) is 11.0. The van der Waals surface area contributed by atoms with Gasteiger partial charge in [0, 0.05) is 50.7 Å². The molecule has 152 valence electrons. The number of piperidine rings is 3. The summed E-state index contributed by atoms with van der Waals surface area (Å²) in [5.74, 6) is 0.803. The quantitative estimate of drug-likeness (QED) is 0.846. The highest BCUT2D eigenvalue weighted by atomic mass is 15.3. The molecule has 27 heavy (non-hydrogen) atoms. The van der Waals surface area contributed by atoms with Gasteiger partial charge < -0.3 is 15.1 Å². The Labute approximate surface area is 164 Å². The van der Waals surface area contributed by atoms with Crippen molar-refractivity contribution in [2.75, 3.05) is 59.9 Å². The van der Waals surface area contributed by atoms with E-state index in [1.807, 2.05) is 12.3 Å². The predicted octanol–water partition coefficient (Wildman–Crippen LogP) is 1.52. The summed E-state index contributed by atoms with van der Waals surface area (Å²) in [5.41, 5.74) is 0. The van der Waals surface area contributed by atoms with Gasteiger partial charge in [-0.3, -0.25) is 9.58 Å². The molecule has 0 radical (unpaired) electrons. The van der Waals surface area contributed by atoms with Crippen LogP contribution in [0.15, 0.2) is 18.5 Å². The minimum atomic E-state index is 0.599. The number of nitrogens with one attached hydrogen (secondary N) is 1. The first kappa shape index (κ1) is 19.4. The smallest absolute Gasteiger partial charge is 0.0543 e. The van der Waals surface area contributed by atoms with E-state index in [0.717, 1.165) is 18.5 Å². The predicted molar refractivity (Wildman–Crippen MR) is 110 cm³/mol. The fourth-order valence-corrected chi connectivity index (χ4v) is 5.45. The SMILES string of the molecule is CN1CCC(N(C)C2CNCCC2CN2CCC(n3cccn3)CC2)CC1. The Morgan fingerprint density at radius 3 is 2.56 bits per heavy atom. The molecule has 0 aromatic carbocycles. The summed E-state index contributed by atoms with van der Waals surface area (Å²) in [6, 6.07) is 4.10. The third kappa shape index (κ3) is 4.73. The maximum atomic E-state index is 4.45. The van der Waals surface area contributed by atoms with Crippen LogP contribution in [-0.4, -0.2) is 96.5 Å². The molecule has 3 aliphatic heterocycles. The summed E-state index contributed by atoms with van der Waals surface area (Å²) in [6.45, 7) is 8.57. The largest absolute Gasteiger partial charge is 0.315 e. The normalized spacial score (nSPS) is 30.2. The van der Waals surface area contributed by atoms with E-state index >= 15 is 0 Å². The van der Waals surface area contributed by atoms with Gasteiger partial charge in [-0.15, -0.1) is 0 Å². The second kappa shape index (κ2) is 9.03. The summed E-state index contributed by atoms with van der Waals surface area (Å²) in [4.78, 5) is 7.94. The summed E-state index contributed by atoms with van der Waals surface area (Å²) in [7, 11) is 4.65. The van der Waals surface area contributed by atoms with E-state index in [0.29, 0.717) is 12.1 Å². The van der Waals surface area contributed by atoms with Crippen molar-refractivity contribution >= 4 is 0 Å². The number of hydrogen-bond donors (Lipinski definition) is 1. The molecule has 2 unspecified atom stereocenters. The monoisotopic (exact) mass is 374 g/mol. The van der Waals surface area contributed by atoms with Gasteiger partial charge in [0.15, 0.2) is 0 Å². The van der Waals surface area contributed by atoms with Crippen molar-refractivity contribution in [3.63, 3.8) is 0 Å². The van der Waals surface area contributed by atoms with Crippen LogP contribution >= 0.6 is 0 Å². The van der Waals surface area contributed by atoms with Crippen molar-refractivity contribution in [2.45, 2.75) is 50.2 Å². The molecule has 1 N–H and O–H groups in total. The van der Waals surface area contributed by atoms with E-state index in [1.165, 1.54) is 71.4 Å². The van der Waals surface area contributed by atoms with E-state index in [9.17, 15) is 0 Å². The van der Waals surface area contributed by atoms with E-state index in [4.69, 9.17) is 0 Å². The molecule has 3 aliphatic rings. The Morgan fingerprint density at radius 2 is 1.85 bits per heavy atom. The Kier molecular flexibility index (Phi) is 6.48. The second-order valence-corrected chi connectivity index (χ2v) is 9.04. The molecule has 1 aromatic heterocycles.